The molecule has 1 unspecified atom stereocenters. The Hall–Kier alpha value is -3.15. The van der Waals surface area contributed by atoms with Crippen molar-refractivity contribution in [2.45, 2.75) is 26.3 Å². The third-order valence-corrected chi connectivity index (χ3v) is 4.47. The van der Waals surface area contributed by atoms with E-state index in [4.69, 9.17) is 4.74 Å². The Kier molecular flexibility index (Phi) is 5.54. The second-order valence-electron chi connectivity index (χ2n) is 6.23. The van der Waals surface area contributed by atoms with Gasteiger partial charge in [0.05, 0.1) is 18.2 Å². The Morgan fingerprint density at radius 2 is 1.78 bits per heavy atom. The largest absolute Gasteiger partial charge is 0.507 e. The van der Waals surface area contributed by atoms with Gasteiger partial charge in [0.15, 0.2) is 0 Å². The van der Waals surface area contributed by atoms with Crippen LogP contribution in [0.15, 0.2) is 54.4 Å². The van der Waals surface area contributed by atoms with Crippen LogP contribution < -0.4 is 4.74 Å². The quantitative estimate of drug-likeness (QED) is 0.482. The van der Waals surface area contributed by atoms with Crippen molar-refractivity contribution in [1.82, 2.24) is 9.88 Å². The average molecular weight is 366 g/mol. The highest BCUT2D eigenvalue weighted by atomic mass is 16.5. The van der Waals surface area contributed by atoms with Crippen molar-refractivity contribution in [3.63, 3.8) is 0 Å². The molecule has 1 saturated heterocycles. The third kappa shape index (κ3) is 3.56. The highest BCUT2D eigenvalue weighted by molar-refractivity contribution is 6.46. The van der Waals surface area contributed by atoms with Gasteiger partial charge in [-0.2, -0.15) is 0 Å². The van der Waals surface area contributed by atoms with Crippen LogP contribution in [0.4, 0.5) is 0 Å². The van der Waals surface area contributed by atoms with Gasteiger partial charge in [-0.15, -0.1) is 0 Å². The number of amides is 1. The molecule has 6 heteroatoms. The van der Waals surface area contributed by atoms with Crippen LogP contribution >= 0.6 is 0 Å². The molecule has 1 aromatic carbocycles. The number of likely N-dealkylation sites (tertiary alicyclic amines) is 1. The molecule has 1 atom stereocenters. The minimum atomic E-state index is -0.670. The van der Waals surface area contributed by atoms with Crippen LogP contribution in [0.3, 0.4) is 0 Å². The first kappa shape index (κ1) is 18.6. The number of nitrogens with zero attached hydrogens (tertiary/aromatic N) is 2. The molecule has 2 heterocycles. The maximum absolute atomic E-state index is 12.7. The number of carbonyl (C=O) groups is 2. The summed E-state index contributed by atoms with van der Waals surface area (Å²) < 4.78 is 5.47. The summed E-state index contributed by atoms with van der Waals surface area (Å²) in [5.74, 6) is -0.737. The fourth-order valence-electron chi connectivity index (χ4n) is 3.28. The molecule has 1 aliphatic rings. The minimum Gasteiger partial charge on any atom is -0.507 e. The number of hydrogen-bond acceptors (Lipinski definition) is 5. The lowest BCUT2D eigenvalue weighted by atomic mass is 9.95. The van der Waals surface area contributed by atoms with Gasteiger partial charge in [-0.1, -0.05) is 19.1 Å². The lowest BCUT2D eigenvalue weighted by Gasteiger charge is -2.25. The smallest absolute Gasteiger partial charge is 0.295 e. The van der Waals surface area contributed by atoms with E-state index in [9.17, 15) is 14.7 Å². The van der Waals surface area contributed by atoms with Gasteiger partial charge >= 0.3 is 0 Å². The molecule has 0 radical (unpaired) electrons. The van der Waals surface area contributed by atoms with E-state index in [-0.39, 0.29) is 11.3 Å². The zero-order chi connectivity index (χ0) is 19.4. The van der Waals surface area contributed by atoms with Crippen molar-refractivity contribution in [3.8, 4) is 5.75 Å². The predicted molar refractivity (Wildman–Crippen MR) is 101 cm³/mol. The maximum Gasteiger partial charge on any atom is 0.295 e. The van der Waals surface area contributed by atoms with E-state index in [2.05, 4.69) is 4.98 Å². The number of hydrogen-bond donors (Lipinski definition) is 1. The number of ketones is 1. The van der Waals surface area contributed by atoms with Crippen molar-refractivity contribution >= 4 is 17.4 Å². The number of rotatable bonds is 6. The number of pyridine rings is 1. The van der Waals surface area contributed by atoms with E-state index in [1.54, 1.807) is 24.3 Å². The standard InChI is InChI=1S/C21H22N2O4/c1-3-13-23-18(14-5-7-16(8-6-14)27-4-2)17(20(25)21(23)26)19(24)15-9-11-22-12-10-15/h5-12,18,24H,3-4,13H2,1-2H3/b19-17-. The third-order valence-electron chi connectivity index (χ3n) is 4.47. The maximum atomic E-state index is 12.7. The van der Waals surface area contributed by atoms with E-state index in [1.807, 2.05) is 26.0 Å². The zero-order valence-corrected chi connectivity index (χ0v) is 15.4. The molecule has 0 saturated carbocycles. The highest BCUT2D eigenvalue weighted by Gasteiger charge is 2.45. The number of Topliss-reactive ketones (excluding diaryl/α,β-unsaturated/α-hetero) is 1. The zero-order valence-electron chi connectivity index (χ0n) is 15.4. The van der Waals surface area contributed by atoms with E-state index >= 15 is 0 Å². The van der Waals surface area contributed by atoms with Gasteiger partial charge in [0, 0.05) is 24.5 Å². The summed E-state index contributed by atoms with van der Waals surface area (Å²) in [6.07, 6.45) is 3.77. The highest BCUT2D eigenvalue weighted by Crippen LogP contribution is 2.39. The Bertz CT molecular complexity index is 860. The van der Waals surface area contributed by atoms with Crippen LogP contribution in [0.25, 0.3) is 5.76 Å². The van der Waals surface area contributed by atoms with Crippen molar-refractivity contribution in [1.29, 1.82) is 0 Å². The summed E-state index contributed by atoms with van der Waals surface area (Å²) in [5, 5.41) is 10.8. The van der Waals surface area contributed by atoms with Crippen LogP contribution in [-0.4, -0.2) is 39.8 Å². The number of ether oxygens (including phenoxy) is 1. The van der Waals surface area contributed by atoms with E-state index < -0.39 is 17.7 Å². The van der Waals surface area contributed by atoms with Gasteiger partial charge in [0.25, 0.3) is 11.7 Å². The Labute approximate surface area is 158 Å². The van der Waals surface area contributed by atoms with E-state index in [0.717, 1.165) is 5.56 Å². The van der Waals surface area contributed by atoms with Gasteiger partial charge in [-0.25, -0.2) is 0 Å². The van der Waals surface area contributed by atoms with Crippen LogP contribution in [0.5, 0.6) is 5.75 Å². The average Bonchev–Trinajstić information content (AvgIpc) is 2.94. The molecule has 6 nitrogen and oxygen atoms in total. The lowest BCUT2D eigenvalue weighted by molar-refractivity contribution is -0.139. The van der Waals surface area contributed by atoms with Crippen molar-refractivity contribution in [3.05, 3.63) is 65.5 Å². The number of aliphatic hydroxyl groups is 1. The van der Waals surface area contributed by atoms with Crippen LogP contribution in [0.1, 0.15) is 37.4 Å². The molecule has 1 fully saturated rings. The number of aliphatic hydroxyl groups excluding tert-OH is 1. The number of benzene rings is 1. The molecule has 1 N–H and O–H groups in total. The fourth-order valence-corrected chi connectivity index (χ4v) is 3.28. The second kappa shape index (κ2) is 8.03. The normalized spacial score (nSPS) is 18.7. The van der Waals surface area contributed by atoms with Gasteiger partial charge in [0.2, 0.25) is 0 Å². The summed E-state index contributed by atoms with van der Waals surface area (Å²) in [7, 11) is 0. The van der Waals surface area contributed by atoms with Crippen molar-refractivity contribution in [2.24, 2.45) is 0 Å². The Morgan fingerprint density at radius 3 is 2.37 bits per heavy atom. The molecule has 2 aromatic rings. The number of carbonyl (C=O) groups excluding carboxylic acids is 2. The molecule has 0 bridgehead atoms. The molecule has 1 amide bonds. The minimum absolute atomic E-state index is 0.101. The summed E-state index contributed by atoms with van der Waals surface area (Å²) in [6, 6.07) is 9.84. The van der Waals surface area contributed by atoms with Gasteiger partial charge in [-0.05, 0) is 43.2 Å². The van der Waals surface area contributed by atoms with Crippen LogP contribution in [-0.2, 0) is 9.59 Å². The SMILES string of the molecule is CCCN1C(=O)C(=O)/C(=C(\O)c2ccncc2)C1c1ccc(OCC)cc1. The molecule has 0 aliphatic carbocycles. The fraction of sp³-hybridized carbons (Fsp3) is 0.286. The summed E-state index contributed by atoms with van der Waals surface area (Å²) in [5.41, 5.74) is 1.31. The Balaban J connectivity index is 2.11. The summed E-state index contributed by atoms with van der Waals surface area (Å²) in [6.45, 7) is 4.82. The van der Waals surface area contributed by atoms with E-state index in [0.29, 0.717) is 30.9 Å². The predicted octanol–water partition coefficient (Wildman–Crippen LogP) is 3.31. The monoisotopic (exact) mass is 366 g/mol. The molecule has 1 aliphatic heterocycles. The lowest BCUT2D eigenvalue weighted by Crippen LogP contribution is -2.30. The molecule has 1 aromatic heterocycles. The second-order valence-corrected chi connectivity index (χ2v) is 6.23. The molecule has 140 valence electrons. The molecule has 27 heavy (non-hydrogen) atoms. The first-order valence-electron chi connectivity index (χ1n) is 9.00. The first-order chi connectivity index (χ1) is 13.1. The van der Waals surface area contributed by atoms with Crippen molar-refractivity contribution in [2.75, 3.05) is 13.2 Å². The summed E-state index contributed by atoms with van der Waals surface area (Å²) >= 11 is 0. The van der Waals surface area contributed by atoms with Gasteiger partial charge in [-0.3, -0.25) is 14.6 Å². The van der Waals surface area contributed by atoms with Crippen molar-refractivity contribution < 1.29 is 19.4 Å². The topological polar surface area (TPSA) is 79.7 Å². The number of aromatic nitrogens is 1. The molecule has 0 spiro atoms. The molecule has 3 rings (SSSR count). The van der Waals surface area contributed by atoms with Crippen LogP contribution in [0.2, 0.25) is 0 Å². The summed E-state index contributed by atoms with van der Waals surface area (Å²) in [4.78, 5) is 30.7. The van der Waals surface area contributed by atoms with Gasteiger partial charge in [0.1, 0.15) is 11.5 Å². The molecular formula is C21H22N2O4. The Morgan fingerprint density at radius 1 is 1.11 bits per heavy atom. The molecular weight excluding hydrogens is 344 g/mol. The van der Waals surface area contributed by atoms with Crippen LogP contribution in [0, 0.1) is 0 Å². The first-order valence-corrected chi connectivity index (χ1v) is 9.00. The van der Waals surface area contributed by atoms with E-state index in [1.165, 1.54) is 17.3 Å². The van der Waals surface area contributed by atoms with Gasteiger partial charge < -0.3 is 14.7 Å².